The third kappa shape index (κ3) is 3.81. The molecule has 0 saturated heterocycles. The number of benzene rings is 2. The summed E-state index contributed by atoms with van der Waals surface area (Å²) in [5.74, 6) is 2.21. The second-order valence-electron chi connectivity index (χ2n) is 4.94. The van der Waals surface area contributed by atoms with Crippen molar-refractivity contribution in [2.75, 3.05) is 28.4 Å². The van der Waals surface area contributed by atoms with Gasteiger partial charge >= 0.3 is 0 Å². The first kappa shape index (κ1) is 18.5. The standard InChI is InChI=1S/C19H18ClNO4/c1-22-15-7-5-12(9-17(15)24-3)14(11-21)19(20)13-6-8-16(23-2)18(10-13)25-4/h5-10H,1-4H3. The zero-order valence-corrected chi connectivity index (χ0v) is 15.2. The van der Waals surface area contributed by atoms with Crippen molar-refractivity contribution in [3.63, 3.8) is 0 Å². The van der Waals surface area contributed by atoms with Crippen molar-refractivity contribution in [2.45, 2.75) is 0 Å². The zero-order chi connectivity index (χ0) is 18.4. The van der Waals surface area contributed by atoms with Gasteiger partial charge in [-0.05, 0) is 47.5 Å². The number of ether oxygens (including phenoxy) is 4. The van der Waals surface area contributed by atoms with Gasteiger partial charge in [-0.1, -0.05) is 11.6 Å². The maximum absolute atomic E-state index is 9.61. The Bertz CT molecular complexity index is 840. The SMILES string of the molecule is COc1ccc(C(Cl)=C(C#N)c2ccc(OC)c(OC)c2)cc1OC. The van der Waals surface area contributed by atoms with Crippen LogP contribution in [-0.4, -0.2) is 28.4 Å². The van der Waals surface area contributed by atoms with Gasteiger partial charge in [-0.3, -0.25) is 0 Å². The largest absolute Gasteiger partial charge is 0.493 e. The molecule has 0 heterocycles. The van der Waals surface area contributed by atoms with Crippen molar-refractivity contribution in [3.8, 4) is 29.1 Å². The van der Waals surface area contributed by atoms with E-state index in [1.807, 2.05) is 0 Å². The number of nitriles is 1. The zero-order valence-electron chi connectivity index (χ0n) is 14.4. The van der Waals surface area contributed by atoms with Crippen molar-refractivity contribution in [1.29, 1.82) is 5.26 Å². The predicted octanol–water partition coefficient (Wildman–Crippen LogP) is 4.35. The fraction of sp³-hybridized carbons (Fsp3) is 0.211. The Morgan fingerprint density at radius 3 is 1.64 bits per heavy atom. The molecule has 2 aromatic carbocycles. The first-order chi connectivity index (χ1) is 12.1. The van der Waals surface area contributed by atoms with Gasteiger partial charge in [-0.25, -0.2) is 0 Å². The summed E-state index contributed by atoms with van der Waals surface area (Å²) < 4.78 is 21.0. The van der Waals surface area contributed by atoms with Gasteiger partial charge < -0.3 is 18.9 Å². The summed E-state index contributed by atoms with van der Waals surface area (Å²) in [6, 6.07) is 12.6. The Balaban J connectivity index is 2.57. The van der Waals surface area contributed by atoms with Crippen LogP contribution in [0.15, 0.2) is 36.4 Å². The van der Waals surface area contributed by atoms with Gasteiger partial charge in [-0.2, -0.15) is 5.26 Å². The van der Waals surface area contributed by atoms with Gasteiger partial charge in [0.2, 0.25) is 0 Å². The number of rotatable bonds is 6. The van der Waals surface area contributed by atoms with Crippen LogP contribution in [-0.2, 0) is 0 Å². The third-order valence-corrected chi connectivity index (χ3v) is 4.05. The molecule has 0 aromatic heterocycles. The molecule has 0 aliphatic carbocycles. The van der Waals surface area contributed by atoms with Crippen LogP contribution in [0.25, 0.3) is 10.6 Å². The monoisotopic (exact) mass is 359 g/mol. The average molecular weight is 360 g/mol. The van der Waals surface area contributed by atoms with Crippen LogP contribution in [0.5, 0.6) is 23.0 Å². The number of halogens is 1. The van der Waals surface area contributed by atoms with Crippen molar-refractivity contribution < 1.29 is 18.9 Å². The minimum Gasteiger partial charge on any atom is -0.493 e. The Kier molecular flexibility index (Phi) is 6.15. The minimum absolute atomic E-state index is 0.302. The molecule has 0 aliphatic rings. The third-order valence-electron chi connectivity index (χ3n) is 3.64. The smallest absolute Gasteiger partial charge is 0.161 e. The number of nitrogens with zero attached hydrogens (tertiary/aromatic N) is 1. The van der Waals surface area contributed by atoms with E-state index in [1.54, 1.807) is 57.7 Å². The Labute approximate surface area is 152 Å². The second kappa shape index (κ2) is 8.32. The first-order valence-electron chi connectivity index (χ1n) is 7.34. The van der Waals surface area contributed by atoms with Crippen LogP contribution in [0.2, 0.25) is 0 Å². The lowest BCUT2D eigenvalue weighted by Crippen LogP contribution is -1.94. The molecule has 0 N–H and O–H groups in total. The van der Waals surface area contributed by atoms with E-state index >= 15 is 0 Å². The van der Waals surface area contributed by atoms with E-state index in [9.17, 15) is 5.26 Å². The number of hydrogen-bond donors (Lipinski definition) is 0. The topological polar surface area (TPSA) is 60.7 Å². The summed E-state index contributed by atoms with van der Waals surface area (Å²) in [5, 5.41) is 9.91. The summed E-state index contributed by atoms with van der Waals surface area (Å²) in [4.78, 5) is 0. The van der Waals surface area contributed by atoms with E-state index in [1.165, 1.54) is 7.11 Å². The summed E-state index contributed by atoms with van der Waals surface area (Å²) in [6.07, 6.45) is 0. The van der Waals surface area contributed by atoms with Crippen LogP contribution in [0.3, 0.4) is 0 Å². The van der Waals surface area contributed by atoms with Crippen LogP contribution >= 0.6 is 11.6 Å². The molecule has 0 radical (unpaired) electrons. The number of methoxy groups -OCH3 is 4. The maximum atomic E-state index is 9.61. The molecule has 2 aromatic rings. The fourth-order valence-electron chi connectivity index (χ4n) is 2.35. The van der Waals surface area contributed by atoms with Crippen LogP contribution in [0.4, 0.5) is 0 Å². The lowest BCUT2D eigenvalue weighted by atomic mass is 10.0. The van der Waals surface area contributed by atoms with Gasteiger partial charge in [0.1, 0.15) is 6.07 Å². The summed E-state index contributed by atoms with van der Waals surface area (Å²) in [7, 11) is 6.18. The van der Waals surface area contributed by atoms with E-state index in [-0.39, 0.29) is 0 Å². The summed E-state index contributed by atoms with van der Waals surface area (Å²) in [5.41, 5.74) is 1.58. The van der Waals surface area contributed by atoms with Gasteiger partial charge in [-0.15, -0.1) is 0 Å². The van der Waals surface area contributed by atoms with E-state index in [0.29, 0.717) is 44.7 Å². The maximum Gasteiger partial charge on any atom is 0.161 e. The van der Waals surface area contributed by atoms with Gasteiger partial charge in [0.05, 0.1) is 39.0 Å². The molecule has 2 rings (SSSR count). The molecule has 0 fully saturated rings. The normalized spacial score (nSPS) is 11.2. The summed E-state index contributed by atoms with van der Waals surface area (Å²) in [6.45, 7) is 0. The molecule has 5 nitrogen and oxygen atoms in total. The van der Waals surface area contributed by atoms with Crippen molar-refractivity contribution >= 4 is 22.2 Å². The molecule has 0 amide bonds. The highest BCUT2D eigenvalue weighted by atomic mass is 35.5. The molecule has 6 heteroatoms. The molecule has 25 heavy (non-hydrogen) atoms. The Hall–Kier alpha value is -2.84. The molecule has 0 spiro atoms. The minimum atomic E-state index is 0.302. The highest BCUT2D eigenvalue weighted by Crippen LogP contribution is 2.37. The highest BCUT2D eigenvalue weighted by Gasteiger charge is 2.14. The summed E-state index contributed by atoms with van der Waals surface area (Å²) >= 11 is 6.49. The molecular formula is C19H18ClNO4. The van der Waals surface area contributed by atoms with Gasteiger partial charge in [0, 0.05) is 0 Å². The van der Waals surface area contributed by atoms with E-state index in [4.69, 9.17) is 30.5 Å². The average Bonchev–Trinajstić information content (AvgIpc) is 2.67. The molecular weight excluding hydrogens is 342 g/mol. The molecule has 0 saturated carbocycles. The van der Waals surface area contributed by atoms with E-state index < -0.39 is 0 Å². The molecule has 0 unspecified atom stereocenters. The van der Waals surface area contributed by atoms with Gasteiger partial charge in [0.25, 0.3) is 0 Å². The van der Waals surface area contributed by atoms with E-state index in [2.05, 4.69) is 6.07 Å². The van der Waals surface area contributed by atoms with Crippen LogP contribution < -0.4 is 18.9 Å². The number of hydrogen-bond acceptors (Lipinski definition) is 5. The van der Waals surface area contributed by atoms with Crippen LogP contribution in [0, 0.1) is 11.3 Å². The lowest BCUT2D eigenvalue weighted by molar-refractivity contribution is 0.355. The molecule has 130 valence electrons. The quantitative estimate of drug-likeness (QED) is 0.566. The van der Waals surface area contributed by atoms with Crippen LogP contribution in [0.1, 0.15) is 11.1 Å². The molecule has 0 bridgehead atoms. The lowest BCUT2D eigenvalue weighted by Gasteiger charge is -2.12. The van der Waals surface area contributed by atoms with Gasteiger partial charge in [0.15, 0.2) is 23.0 Å². The van der Waals surface area contributed by atoms with Crippen molar-refractivity contribution in [3.05, 3.63) is 47.5 Å². The fourth-order valence-corrected chi connectivity index (χ4v) is 2.62. The van der Waals surface area contributed by atoms with Crippen molar-refractivity contribution in [2.24, 2.45) is 0 Å². The molecule has 0 aliphatic heterocycles. The first-order valence-corrected chi connectivity index (χ1v) is 7.72. The Morgan fingerprint density at radius 1 is 0.760 bits per heavy atom. The predicted molar refractivity (Wildman–Crippen MR) is 97.4 cm³/mol. The highest BCUT2D eigenvalue weighted by molar-refractivity contribution is 6.53. The number of allylic oxidation sites excluding steroid dienone is 1. The second-order valence-corrected chi connectivity index (χ2v) is 5.32. The molecule has 0 atom stereocenters. The van der Waals surface area contributed by atoms with Crippen molar-refractivity contribution in [1.82, 2.24) is 0 Å². The van der Waals surface area contributed by atoms with E-state index in [0.717, 1.165) is 0 Å². The Morgan fingerprint density at radius 2 is 1.20 bits per heavy atom.